The van der Waals surface area contributed by atoms with Crippen LogP contribution in [0.25, 0.3) is 11.0 Å². The van der Waals surface area contributed by atoms with Gasteiger partial charge in [-0.05, 0) is 12.5 Å². The van der Waals surface area contributed by atoms with Crippen LogP contribution in [0.2, 0.25) is 5.02 Å². The molecule has 0 aliphatic carbocycles. The first-order chi connectivity index (χ1) is 6.61. The Morgan fingerprint density at radius 3 is 3.00 bits per heavy atom. The first-order valence-corrected chi connectivity index (χ1v) is 4.41. The number of aromatic amines is 1. The second kappa shape index (κ2) is 2.99. The molecule has 2 aromatic rings. The minimum atomic E-state index is -0.509. The molecule has 0 bridgehead atoms. The van der Waals surface area contributed by atoms with Crippen molar-refractivity contribution in [1.82, 2.24) is 9.97 Å². The summed E-state index contributed by atoms with van der Waals surface area (Å²) in [6, 6.07) is 0. The van der Waals surface area contributed by atoms with Crippen molar-refractivity contribution in [3.63, 3.8) is 0 Å². The van der Waals surface area contributed by atoms with E-state index in [-0.39, 0.29) is 0 Å². The van der Waals surface area contributed by atoms with Crippen LogP contribution in [0.5, 0.6) is 0 Å². The zero-order valence-electron chi connectivity index (χ0n) is 7.47. The smallest absolute Gasteiger partial charge is 0.250 e. The molecule has 5 heteroatoms. The molecule has 0 atom stereocenters. The van der Waals surface area contributed by atoms with E-state index < -0.39 is 5.91 Å². The van der Waals surface area contributed by atoms with Crippen LogP contribution in [-0.4, -0.2) is 15.9 Å². The van der Waals surface area contributed by atoms with E-state index in [1.54, 1.807) is 6.20 Å². The number of carbonyl (C=O) groups excluding carboxylic acids is 1. The summed E-state index contributed by atoms with van der Waals surface area (Å²) in [5.41, 5.74) is 6.97. The summed E-state index contributed by atoms with van der Waals surface area (Å²) >= 11 is 6.05. The standard InChI is InChI=1S/C9H8ClN3O/c1-4-2-12-9-6(7(4)10)5(3-13-9)8(11)14/h2-3H,1H3,(H2,11,14)(H,12,13). The molecule has 0 aliphatic rings. The van der Waals surface area contributed by atoms with Crippen LogP contribution in [-0.2, 0) is 0 Å². The van der Waals surface area contributed by atoms with E-state index in [1.807, 2.05) is 6.92 Å². The molecular formula is C9H8ClN3O. The average Bonchev–Trinajstić information content (AvgIpc) is 2.55. The second-order valence-electron chi connectivity index (χ2n) is 3.05. The Kier molecular flexibility index (Phi) is 1.93. The SMILES string of the molecule is Cc1cnc2[nH]cc(C(N)=O)c2c1Cl. The Bertz CT molecular complexity index is 518. The van der Waals surface area contributed by atoms with Gasteiger partial charge >= 0.3 is 0 Å². The summed E-state index contributed by atoms with van der Waals surface area (Å²) < 4.78 is 0. The fourth-order valence-corrected chi connectivity index (χ4v) is 1.59. The van der Waals surface area contributed by atoms with Crippen molar-refractivity contribution in [2.24, 2.45) is 5.73 Å². The molecule has 2 heterocycles. The minimum Gasteiger partial charge on any atom is -0.366 e. The zero-order valence-corrected chi connectivity index (χ0v) is 8.22. The number of nitrogens with zero attached hydrogens (tertiary/aromatic N) is 1. The third kappa shape index (κ3) is 1.15. The van der Waals surface area contributed by atoms with Crippen LogP contribution < -0.4 is 5.73 Å². The lowest BCUT2D eigenvalue weighted by atomic mass is 10.2. The number of nitrogens with two attached hydrogens (primary N) is 1. The lowest BCUT2D eigenvalue weighted by Crippen LogP contribution is -2.10. The molecule has 0 aromatic carbocycles. The van der Waals surface area contributed by atoms with Gasteiger partial charge in [0.25, 0.3) is 5.91 Å². The normalized spacial score (nSPS) is 10.7. The maximum atomic E-state index is 11.1. The van der Waals surface area contributed by atoms with Crippen molar-refractivity contribution in [1.29, 1.82) is 0 Å². The summed E-state index contributed by atoms with van der Waals surface area (Å²) in [5.74, 6) is -0.509. The largest absolute Gasteiger partial charge is 0.366 e. The number of halogens is 1. The molecule has 2 aromatic heterocycles. The monoisotopic (exact) mass is 209 g/mol. The number of nitrogens with one attached hydrogen (secondary N) is 1. The number of fused-ring (bicyclic) bond motifs is 1. The summed E-state index contributed by atoms with van der Waals surface area (Å²) in [6.07, 6.45) is 3.16. The van der Waals surface area contributed by atoms with Gasteiger partial charge in [-0.25, -0.2) is 4.98 Å². The maximum absolute atomic E-state index is 11.1. The van der Waals surface area contributed by atoms with E-state index >= 15 is 0 Å². The predicted molar refractivity (Wildman–Crippen MR) is 54.4 cm³/mol. The first kappa shape index (κ1) is 9.02. The highest BCUT2D eigenvalue weighted by molar-refractivity contribution is 6.37. The number of H-pyrrole nitrogens is 1. The fraction of sp³-hybridized carbons (Fsp3) is 0.111. The Balaban J connectivity index is 2.89. The number of pyridine rings is 1. The van der Waals surface area contributed by atoms with E-state index in [2.05, 4.69) is 9.97 Å². The number of hydrogen-bond acceptors (Lipinski definition) is 2. The van der Waals surface area contributed by atoms with Crippen LogP contribution in [0.4, 0.5) is 0 Å². The number of hydrogen-bond donors (Lipinski definition) is 2. The van der Waals surface area contributed by atoms with Crippen molar-refractivity contribution >= 4 is 28.5 Å². The van der Waals surface area contributed by atoms with Crippen LogP contribution in [0, 0.1) is 6.92 Å². The maximum Gasteiger partial charge on any atom is 0.250 e. The van der Waals surface area contributed by atoms with Crippen molar-refractivity contribution in [3.05, 3.63) is 28.5 Å². The van der Waals surface area contributed by atoms with Gasteiger partial charge in [0.1, 0.15) is 5.65 Å². The van der Waals surface area contributed by atoms with Crippen molar-refractivity contribution < 1.29 is 4.79 Å². The molecule has 0 radical (unpaired) electrons. The van der Waals surface area contributed by atoms with Gasteiger partial charge in [-0.3, -0.25) is 4.79 Å². The molecule has 0 saturated carbocycles. The highest BCUT2D eigenvalue weighted by atomic mass is 35.5. The summed E-state index contributed by atoms with van der Waals surface area (Å²) in [4.78, 5) is 18.0. The lowest BCUT2D eigenvalue weighted by Gasteiger charge is -1.99. The number of aryl methyl sites for hydroxylation is 1. The highest BCUT2D eigenvalue weighted by Crippen LogP contribution is 2.27. The molecule has 2 rings (SSSR count). The van der Waals surface area contributed by atoms with Gasteiger partial charge in [-0.2, -0.15) is 0 Å². The molecule has 0 saturated heterocycles. The number of primary amides is 1. The Morgan fingerprint density at radius 2 is 2.36 bits per heavy atom. The van der Waals surface area contributed by atoms with Crippen LogP contribution in [0.1, 0.15) is 15.9 Å². The van der Waals surface area contributed by atoms with Gasteiger partial charge in [0.15, 0.2) is 0 Å². The summed E-state index contributed by atoms with van der Waals surface area (Å²) in [6.45, 7) is 1.83. The van der Waals surface area contributed by atoms with Crippen molar-refractivity contribution in [3.8, 4) is 0 Å². The Hall–Kier alpha value is -1.55. The molecule has 1 amide bonds. The van der Waals surface area contributed by atoms with Crippen LogP contribution in [0.3, 0.4) is 0 Å². The van der Waals surface area contributed by atoms with Gasteiger partial charge in [0.05, 0.1) is 16.0 Å². The van der Waals surface area contributed by atoms with E-state index in [0.29, 0.717) is 21.6 Å². The third-order valence-corrected chi connectivity index (χ3v) is 2.56. The number of aromatic nitrogens is 2. The topological polar surface area (TPSA) is 71.8 Å². The lowest BCUT2D eigenvalue weighted by molar-refractivity contribution is 0.100. The second-order valence-corrected chi connectivity index (χ2v) is 3.42. The van der Waals surface area contributed by atoms with Crippen molar-refractivity contribution in [2.45, 2.75) is 6.92 Å². The molecule has 0 aliphatic heterocycles. The molecule has 3 N–H and O–H groups in total. The van der Waals surface area contributed by atoms with E-state index in [1.165, 1.54) is 6.20 Å². The van der Waals surface area contributed by atoms with Gasteiger partial charge in [-0.15, -0.1) is 0 Å². The predicted octanol–water partition coefficient (Wildman–Crippen LogP) is 1.62. The van der Waals surface area contributed by atoms with Gasteiger partial charge < -0.3 is 10.7 Å². The van der Waals surface area contributed by atoms with Gasteiger partial charge in [-0.1, -0.05) is 11.6 Å². The quantitative estimate of drug-likeness (QED) is 0.749. The van der Waals surface area contributed by atoms with Crippen LogP contribution >= 0.6 is 11.6 Å². The third-order valence-electron chi connectivity index (χ3n) is 2.08. The highest BCUT2D eigenvalue weighted by Gasteiger charge is 2.13. The average molecular weight is 210 g/mol. The molecule has 14 heavy (non-hydrogen) atoms. The zero-order chi connectivity index (χ0) is 10.3. The molecule has 0 fully saturated rings. The van der Waals surface area contributed by atoms with Crippen LogP contribution in [0.15, 0.2) is 12.4 Å². The molecular weight excluding hydrogens is 202 g/mol. The number of rotatable bonds is 1. The fourth-order valence-electron chi connectivity index (χ4n) is 1.35. The van der Waals surface area contributed by atoms with E-state index in [0.717, 1.165) is 5.56 Å². The van der Waals surface area contributed by atoms with E-state index in [9.17, 15) is 4.79 Å². The molecule has 72 valence electrons. The van der Waals surface area contributed by atoms with Crippen molar-refractivity contribution in [2.75, 3.05) is 0 Å². The van der Waals surface area contributed by atoms with Gasteiger partial charge in [0, 0.05) is 12.4 Å². The molecule has 4 nitrogen and oxygen atoms in total. The Morgan fingerprint density at radius 1 is 1.64 bits per heavy atom. The summed E-state index contributed by atoms with van der Waals surface area (Å²) in [7, 11) is 0. The first-order valence-electron chi connectivity index (χ1n) is 4.03. The number of carbonyl (C=O) groups is 1. The summed E-state index contributed by atoms with van der Waals surface area (Å²) in [5, 5.41) is 1.12. The van der Waals surface area contributed by atoms with E-state index in [4.69, 9.17) is 17.3 Å². The number of amides is 1. The molecule has 0 unspecified atom stereocenters. The van der Waals surface area contributed by atoms with Gasteiger partial charge in [0.2, 0.25) is 0 Å². The minimum absolute atomic E-state index is 0.376. The molecule has 0 spiro atoms. The Labute approximate surface area is 85.1 Å².